The molecule has 0 fully saturated rings. The molecule has 11 heteroatoms. The molecule has 31 heavy (non-hydrogen) atoms. The first kappa shape index (κ1) is 22.1. The first-order valence-electron chi connectivity index (χ1n) is 10.0. The van der Waals surface area contributed by atoms with Crippen LogP contribution < -0.4 is 11.2 Å². The molecule has 0 atom stereocenters. The molecule has 1 amide bonds. The maximum atomic E-state index is 12.9. The predicted octanol–water partition coefficient (Wildman–Crippen LogP) is 1.76. The Morgan fingerprint density at radius 2 is 1.90 bits per heavy atom. The third-order valence-electron chi connectivity index (χ3n) is 5.04. The summed E-state index contributed by atoms with van der Waals surface area (Å²) in [7, 11) is 0. The van der Waals surface area contributed by atoms with Gasteiger partial charge in [0.2, 0.25) is 11.6 Å². The minimum Gasteiger partial charge on any atom is -0.378 e. The predicted molar refractivity (Wildman–Crippen MR) is 116 cm³/mol. The number of carbonyl (C=O) groups excluding carboxylic acids is 1. The van der Waals surface area contributed by atoms with Gasteiger partial charge in [0.05, 0.1) is 11.9 Å². The molecule has 164 valence electrons. The lowest BCUT2D eigenvalue weighted by molar-refractivity contribution is 0.0948. The van der Waals surface area contributed by atoms with Crippen LogP contribution in [0.4, 0.5) is 5.82 Å². The Hall–Kier alpha value is -3.60. The number of nitrogens with two attached hydrogens (primary N) is 1. The average molecular weight is 425 g/mol. The molecule has 2 heterocycles. The van der Waals surface area contributed by atoms with Crippen molar-refractivity contribution in [2.75, 3.05) is 18.8 Å². The van der Waals surface area contributed by atoms with E-state index in [1.807, 2.05) is 34.6 Å². The summed E-state index contributed by atoms with van der Waals surface area (Å²) in [6.07, 6.45) is 1.63. The number of amides is 1. The Morgan fingerprint density at radius 3 is 2.48 bits per heavy atom. The topological polar surface area (TPSA) is 140 Å². The van der Waals surface area contributed by atoms with Crippen LogP contribution in [0.1, 0.15) is 52.3 Å². The van der Waals surface area contributed by atoms with Gasteiger partial charge < -0.3 is 5.73 Å². The number of nitrogens with zero attached hydrogens (tertiary/aromatic N) is 7. The molecule has 11 nitrogen and oxygen atoms in total. The minimum absolute atomic E-state index is 0.0565. The second-order valence-electron chi connectivity index (χ2n) is 7.24. The van der Waals surface area contributed by atoms with E-state index in [-0.39, 0.29) is 17.3 Å². The Bertz CT molecular complexity index is 1070. The van der Waals surface area contributed by atoms with Gasteiger partial charge in [0.1, 0.15) is 0 Å². The van der Waals surface area contributed by atoms with Crippen molar-refractivity contribution in [3.8, 4) is 5.82 Å². The minimum atomic E-state index is -0.484. The van der Waals surface area contributed by atoms with E-state index in [9.17, 15) is 4.79 Å². The zero-order valence-electron chi connectivity index (χ0n) is 18.4. The van der Waals surface area contributed by atoms with Crippen molar-refractivity contribution in [2.45, 2.75) is 41.2 Å². The van der Waals surface area contributed by atoms with E-state index >= 15 is 0 Å². The van der Waals surface area contributed by atoms with Crippen molar-refractivity contribution in [3.05, 3.63) is 45.8 Å². The fraction of sp³-hybridized carbons (Fsp3) is 0.400. The van der Waals surface area contributed by atoms with Crippen LogP contribution in [0.25, 0.3) is 5.82 Å². The highest BCUT2D eigenvalue weighted by Crippen LogP contribution is 2.18. The van der Waals surface area contributed by atoms with Crippen LogP contribution in [0.5, 0.6) is 0 Å². The van der Waals surface area contributed by atoms with Gasteiger partial charge in [-0.3, -0.25) is 9.69 Å². The largest absolute Gasteiger partial charge is 0.378 e. The number of aryl methyl sites for hydroxylation is 3. The first-order chi connectivity index (χ1) is 14.8. The molecule has 0 bridgehead atoms. The third-order valence-corrected chi connectivity index (χ3v) is 5.04. The maximum Gasteiger partial charge on any atom is 0.293 e. The molecule has 0 aliphatic carbocycles. The van der Waals surface area contributed by atoms with E-state index in [4.69, 9.17) is 5.73 Å². The van der Waals surface area contributed by atoms with E-state index in [1.54, 1.807) is 6.21 Å². The molecule has 2 aromatic heterocycles. The highest BCUT2D eigenvalue weighted by Gasteiger charge is 2.25. The Balaban J connectivity index is 1.88. The highest BCUT2D eigenvalue weighted by atomic mass is 16.6. The summed E-state index contributed by atoms with van der Waals surface area (Å²) >= 11 is 0. The summed E-state index contributed by atoms with van der Waals surface area (Å²) in [4.78, 5) is 15.0. The van der Waals surface area contributed by atoms with Gasteiger partial charge in [-0.25, -0.2) is 10.1 Å². The molecule has 0 aliphatic rings. The number of aromatic nitrogens is 5. The second-order valence-corrected chi connectivity index (χ2v) is 7.24. The fourth-order valence-electron chi connectivity index (χ4n) is 3.39. The molecule has 0 aliphatic heterocycles. The molecule has 3 aromatic rings. The van der Waals surface area contributed by atoms with Gasteiger partial charge in [-0.15, -0.1) is 5.10 Å². The van der Waals surface area contributed by atoms with E-state index in [0.29, 0.717) is 12.2 Å². The highest BCUT2D eigenvalue weighted by molar-refractivity contribution is 5.94. The number of anilines is 1. The molecule has 0 spiro atoms. The van der Waals surface area contributed by atoms with Gasteiger partial charge >= 0.3 is 0 Å². The summed E-state index contributed by atoms with van der Waals surface area (Å²) in [5, 5.41) is 19.6. The normalized spacial score (nSPS) is 11.5. The number of hydrogen-bond acceptors (Lipinski definition) is 9. The van der Waals surface area contributed by atoms with Gasteiger partial charge in [-0.2, -0.15) is 9.78 Å². The monoisotopic (exact) mass is 425 g/mol. The Labute approximate surface area is 180 Å². The van der Waals surface area contributed by atoms with E-state index in [2.05, 4.69) is 52.8 Å². The molecular formula is C20H27N9O2. The van der Waals surface area contributed by atoms with Gasteiger partial charge in [0.25, 0.3) is 5.91 Å². The zero-order valence-corrected chi connectivity index (χ0v) is 18.4. The molecular weight excluding hydrogens is 398 g/mol. The lowest BCUT2D eigenvalue weighted by Gasteiger charge is -2.18. The zero-order chi connectivity index (χ0) is 22.5. The average Bonchev–Trinajstić information content (AvgIpc) is 3.33. The number of hydrazone groups is 1. The second kappa shape index (κ2) is 9.47. The van der Waals surface area contributed by atoms with Crippen LogP contribution in [-0.4, -0.2) is 55.4 Å². The van der Waals surface area contributed by atoms with Crippen molar-refractivity contribution in [1.82, 2.24) is 35.6 Å². The van der Waals surface area contributed by atoms with Gasteiger partial charge in [-0.1, -0.05) is 36.8 Å². The molecule has 3 N–H and O–H groups in total. The number of nitrogens with one attached hydrogen (secondary N) is 1. The molecule has 0 saturated carbocycles. The van der Waals surface area contributed by atoms with Crippen molar-refractivity contribution in [1.29, 1.82) is 0 Å². The standard InChI is InChI=1S/C20H27N9O2/c1-6-28(7-2)11-16-17(23-27-29(16)19-18(21)25-31-26-19)20(30)24-22-10-15-13(4)8-12(3)9-14(15)5/h8-10H,6-7,11H2,1-5H3,(H2,21,25)(H,24,30). The van der Waals surface area contributed by atoms with Gasteiger partial charge in [0.15, 0.2) is 5.69 Å². The van der Waals surface area contributed by atoms with Crippen molar-refractivity contribution in [3.63, 3.8) is 0 Å². The Kier molecular flexibility index (Phi) is 6.75. The van der Waals surface area contributed by atoms with Crippen LogP contribution in [0, 0.1) is 20.8 Å². The third kappa shape index (κ3) is 4.77. The molecule has 0 radical (unpaired) electrons. The van der Waals surface area contributed by atoms with E-state index in [1.165, 1.54) is 10.2 Å². The van der Waals surface area contributed by atoms with Gasteiger partial charge in [0, 0.05) is 12.1 Å². The number of hydrogen-bond donors (Lipinski definition) is 2. The lowest BCUT2D eigenvalue weighted by atomic mass is 10.0. The van der Waals surface area contributed by atoms with E-state index in [0.717, 1.165) is 29.8 Å². The number of nitrogen functional groups attached to an aromatic ring is 1. The first-order valence-corrected chi connectivity index (χ1v) is 10.0. The van der Waals surface area contributed by atoms with E-state index < -0.39 is 5.91 Å². The number of rotatable bonds is 8. The smallest absolute Gasteiger partial charge is 0.293 e. The summed E-state index contributed by atoms with van der Waals surface area (Å²) in [5.74, 6) is -0.244. The van der Waals surface area contributed by atoms with Crippen LogP contribution >= 0.6 is 0 Å². The summed E-state index contributed by atoms with van der Waals surface area (Å²) in [6.45, 7) is 12.1. The van der Waals surface area contributed by atoms with Crippen molar-refractivity contribution >= 4 is 17.9 Å². The van der Waals surface area contributed by atoms with Gasteiger partial charge in [-0.05, 0) is 55.3 Å². The van der Waals surface area contributed by atoms with Crippen LogP contribution in [0.15, 0.2) is 21.9 Å². The number of carbonyl (C=O) groups is 1. The fourth-order valence-corrected chi connectivity index (χ4v) is 3.39. The summed E-state index contributed by atoms with van der Waals surface area (Å²) in [6, 6.07) is 4.14. The maximum absolute atomic E-state index is 12.9. The van der Waals surface area contributed by atoms with Crippen LogP contribution in [-0.2, 0) is 6.54 Å². The summed E-state index contributed by atoms with van der Waals surface area (Å²) in [5.41, 5.74) is 13.3. The lowest BCUT2D eigenvalue weighted by Crippen LogP contribution is -2.27. The number of benzene rings is 1. The Morgan fingerprint density at radius 1 is 1.23 bits per heavy atom. The van der Waals surface area contributed by atoms with Crippen LogP contribution in [0.3, 0.4) is 0 Å². The van der Waals surface area contributed by atoms with Crippen molar-refractivity contribution < 1.29 is 9.42 Å². The molecule has 3 rings (SSSR count). The molecule has 1 aromatic carbocycles. The summed E-state index contributed by atoms with van der Waals surface area (Å²) < 4.78 is 6.05. The van der Waals surface area contributed by atoms with Crippen LogP contribution in [0.2, 0.25) is 0 Å². The molecule has 0 saturated heterocycles. The quantitative estimate of drug-likeness (QED) is 0.411. The SMILES string of the molecule is CCN(CC)Cc1c(C(=O)NN=Cc2c(C)cc(C)cc2C)nnn1-c1nonc1N. The molecule has 0 unspecified atom stereocenters. The van der Waals surface area contributed by atoms with Crippen molar-refractivity contribution in [2.24, 2.45) is 5.10 Å².